The lowest BCUT2D eigenvalue weighted by atomic mass is 10.2. The van der Waals surface area contributed by atoms with Crippen LogP contribution in [0, 0.1) is 11.3 Å². The maximum absolute atomic E-state index is 10.9. The molecule has 5 heteroatoms. The van der Waals surface area contributed by atoms with Gasteiger partial charge in [0.25, 0.3) is 0 Å². The Balaban J connectivity index is 2.06. The topological polar surface area (TPSA) is 89.0 Å². The van der Waals surface area contributed by atoms with E-state index in [1.165, 1.54) is 0 Å². The molecule has 0 aliphatic rings. The summed E-state index contributed by atoms with van der Waals surface area (Å²) in [5.41, 5.74) is 6.62. The molecular formula is C14H11N3O2. The summed E-state index contributed by atoms with van der Waals surface area (Å²) in [5, 5.41) is 8.89. The molecule has 0 saturated heterocycles. The van der Waals surface area contributed by atoms with E-state index in [9.17, 15) is 4.79 Å². The van der Waals surface area contributed by atoms with Crippen molar-refractivity contribution in [3.05, 3.63) is 59.4 Å². The number of carbonyl (C=O) groups is 1. The van der Waals surface area contributed by atoms with Gasteiger partial charge in [-0.1, -0.05) is 6.07 Å². The summed E-state index contributed by atoms with van der Waals surface area (Å²) in [7, 11) is 0. The molecule has 2 aromatic rings. The number of amides is 1. The Morgan fingerprint density at radius 3 is 2.68 bits per heavy atom. The Hall–Kier alpha value is -2.87. The predicted octanol–water partition coefficient (Wildman–Crippen LogP) is 1.63. The van der Waals surface area contributed by atoms with Gasteiger partial charge in [-0.05, 0) is 30.3 Å². The number of pyridine rings is 1. The molecule has 19 heavy (non-hydrogen) atoms. The fourth-order valence-corrected chi connectivity index (χ4v) is 1.53. The summed E-state index contributed by atoms with van der Waals surface area (Å²) in [6.07, 6.45) is 1.56. The summed E-state index contributed by atoms with van der Waals surface area (Å²) >= 11 is 0. The smallest absolute Gasteiger partial charge is 0.248 e. The molecule has 0 bridgehead atoms. The average Bonchev–Trinajstić information content (AvgIpc) is 2.45. The third kappa shape index (κ3) is 3.07. The molecule has 1 aromatic carbocycles. The van der Waals surface area contributed by atoms with E-state index in [1.807, 2.05) is 6.07 Å². The zero-order chi connectivity index (χ0) is 13.7. The van der Waals surface area contributed by atoms with E-state index in [0.717, 1.165) is 0 Å². The molecule has 0 saturated carbocycles. The first-order valence-electron chi connectivity index (χ1n) is 5.57. The zero-order valence-electron chi connectivity index (χ0n) is 10.0. The van der Waals surface area contributed by atoms with Crippen molar-refractivity contribution in [2.75, 3.05) is 0 Å². The molecule has 0 spiro atoms. The van der Waals surface area contributed by atoms with E-state index in [2.05, 4.69) is 4.98 Å². The number of nitriles is 1. The van der Waals surface area contributed by atoms with Gasteiger partial charge in [0, 0.05) is 17.3 Å². The minimum absolute atomic E-state index is 0.243. The third-order valence-corrected chi connectivity index (χ3v) is 2.53. The Labute approximate surface area is 110 Å². The first-order valence-corrected chi connectivity index (χ1v) is 5.57. The van der Waals surface area contributed by atoms with Crippen LogP contribution >= 0.6 is 0 Å². The lowest BCUT2D eigenvalue weighted by Crippen LogP contribution is -2.10. The van der Waals surface area contributed by atoms with E-state index >= 15 is 0 Å². The van der Waals surface area contributed by atoms with Crippen molar-refractivity contribution >= 4 is 5.91 Å². The minimum Gasteiger partial charge on any atom is -0.489 e. The number of rotatable bonds is 4. The van der Waals surface area contributed by atoms with Crippen LogP contribution in [0.1, 0.15) is 21.6 Å². The van der Waals surface area contributed by atoms with E-state index < -0.39 is 5.91 Å². The van der Waals surface area contributed by atoms with Crippen LogP contribution in [0.3, 0.4) is 0 Å². The Morgan fingerprint density at radius 2 is 2.05 bits per heavy atom. The maximum atomic E-state index is 10.9. The number of aromatic nitrogens is 1. The molecule has 0 unspecified atom stereocenters. The number of nitrogens with zero attached hydrogens (tertiary/aromatic N) is 2. The highest BCUT2D eigenvalue weighted by molar-refractivity contribution is 5.92. The molecule has 0 aliphatic carbocycles. The molecule has 0 radical (unpaired) electrons. The molecule has 5 nitrogen and oxygen atoms in total. The van der Waals surface area contributed by atoms with Crippen molar-refractivity contribution in [2.45, 2.75) is 6.61 Å². The van der Waals surface area contributed by atoms with Crippen LogP contribution < -0.4 is 10.5 Å². The number of ether oxygens (including phenoxy) is 1. The first kappa shape index (κ1) is 12.6. The fraction of sp³-hybridized carbons (Fsp3) is 0.0714. The molecular weight excluding hydrogens is 242 g/mol. The highest BCUT2D eigenvalue weighted by atomic mass is 16.5. The van der Waals surface area contributed by atoms with Crippen LogP contribution in [0.15, 0.2) is 42.6 Å². The number of nitrogens with two attached hydrogens (primary N) is 1. The van der Waals surface area contributed by atoms with Gasteiger partial charge in [0.15, 0.2) is 0 Å². The highest BCUT2D eigenvalue weighted by Gasteiger charge is 2.04. The molecule has 2 rings (SSSR count). The van der Waals surface area contributed by atoms with Gasteiger partial charge in [-0.25, -0.2) is 4.98 Å². The van der Waals surface area contributed by atoms with E-state index in [-0.39, 0.29) is 6.61 Å². The molecule has 2 N–H and O–H groups in total. The SMILES string of the molecule is N#Cc1ncccc1COc1ccc(C(N)=O)cc1. The van der Waals surface area contributed by atoms with Gasteiger partial charge in [-0.3, -0.25) is 4.79 Å². The lowest BCUT2D eigenvalue weighted by Gasteiger charge is -2.07. The standard InChI is InChI=1S/C14H11N3O2/c15-8-13-11(2-1-7-17-13)9-19-12-5-3-10(4-6-12)14(16)18/h1-7H,9H2,(H2,16,18). The molecule has 0 aliphatic heterocycles. The molecule has 0 fully saturated rings. The average molecular weight is 253 g/mol. The molecule has 1 heterocycles. The molecule has 0 atom stereocenters. The van der Waals surface area contributed by atoms with Gasteiger partial charge in [0.05, 0.1) is 0 Å². The number of carbonyl (C=O) groups excluding carboxylic acids is 1. The first-order chi connectivity index (χ1) is 9.20. The van der Waals surface area contributed by atoms with Gasteiger partial charge < -0.3 is 10.5 Å². The zero-order valence-corrected chi connectivity index (χ0v) is 10.0. The minimum atomic E-state index is -0.481. The Bertz CT molecular complexity index is 630. The monoisotopic (exact) mass is 253 g/mol. The Morgan fingerprint density at radius 1 is 1.32 bits per heavy atom. The van der Waals surface area contributed by atoms with Gasteiger partial charge in [0.1, 0.15) is 24.1 Å². The number of hydrogen-bond donors (Lipinski definition) is 1. The van der Waals surface area contributed by atoms with Gasteiger partial charge in [0.2, 0.25) is 5.91 Å². The van der Waals surface area contributed by atoms with E-state index in [0.29, 0.717) is 22.6 Å². The number of benzene rings is 1. The number of primary amides is 1. The molecule has 1 aromatic heterocycles. The van der Waals surface area contributed by atoms with Crippen LogP contribution in [-0.2, 0) is 6.61 Å². The largest absolute Gasteiger partial charge is 0.489 e. The second-order valence-corrected chi connectivity index (χ2v) is 3.80. The van der Waals surface area contributed by atoms with Crippen molar-refractivity contribution < 1.29 is 9.53 Å². The van der Waals surface area contributed by atoms with E-state index in [4.69, 9.17) is 15.7 Å². The summed E-state index contributed by atoms with van der Waals surface area (Å²) in [5.74, 6) is 0.114. The van der Waals surface area contributed by atoms with Crippen LogP contribution in [0.5, 0.6) is 5.75 Å². The van der Waals surface area contributed by atoms with Crippen LogP contribution in [0.25, 0.3) is 0 Å². The van der Waals surface area contributed by atoms with E-state index in [1.54, 1.807) is 42.6 Å². The Kier molecular flexibility index (Phi) is 3.74. The number of hydrogen-bond acceptors (Lipinski definition) is 4. The normalized spacial score (nSPS) is 9.63. The summed E-state index contributed by atoms with van der Waals surface area (Å²) in [4.78, 5) is 14.9. The van der Waals surface area contributed by atoms with Crippen molar-refractivity contribution in [1.82, 2.24) is 4.98 Å². The molecule has 1 amide bonds. The van der Waals surface area contributed by atoms with Crippen LogP contribution in [-0.4, -0.2) is 10.9 Å². The van der Waals surface area contributed by atoms with Crippen molar-refractivity contribution in [1.29, 1.82) is 5.26 Å². The van der Waals surface area contributed by atoms with Gasteiger partial charge in [-0.2, -0.15) is 5.26 Å². The fourth-order valence-electron chi connectivity index (χ4n) is 1.53. The third-order valence-electron chi connectivity index (χ3n) is 2.53. The summed E-state index contributed by atoms with van der Waals surface area (Å²) in [6.45, 7) is 0.243. The van der Waals surface area contributed by atoms with Crippen LogP contribution in [0.4, 0.5) is 0 Å². The molecule has 94 valence electrons. The van der Waals surface area contributed by atoms with Crippen LogP contribution in [0.2, 0.25) is 0 Å². The summed E-state index contributed by atoms with van der Waals surface area (Å²) in [6, 6.07) is 12.0. The van der Waals surface area contributed by atoms with Crippen molar-refractivity contribution in [3.8, 4) is 11.8 Å². The van der Waals surface area contributed by atoms with Gasteiger partial charge >= 0.3 is 0 Å². The highest BCUT2D eigenvalue weighted by Crippen LogP contribution is 2.14. The van der Waals surface area contributed by atoms with Crippen molar-refractivity contribution in [2.24, 2.45) is 5.73 Å². The van der Waals surface area contributed by atoms with Crippen molar-refractivity contribution in [3.63, 3.8) is 0 Å². The summed E-state index contributed by atoms with van der Waals surface area (Å²) < 4.78 is 5.53. The van der Waals surface area contributed by atoms with Gasteiger partial charge in [-0.15, -0.1) is 0 Å². The predicted molar refractivity (Wildman–Crippen MR) is 68.2 cm³/mol. The second-order valence-electron chi connectivity index (χ2n) is 3.80. The quantitative estimate of drug-likeness (QED) is 0.896. The second kappa shape index (κ2) is 5.65. The maximum Gasteiger partial charge on any atom is 0.248 e. The lowest BCUT2D eigenvalue weighted by molar-refractivity contribution is 0.100.